The van der Waals surface area contributed by atoms with E-state index in [1.807, 2.05) is 0 Å². The van der Waals surface area contributed by atoms with E-state index in [1.165, 1.54) is 38.8 Å². The number of rotatable bonds is 5. The molecule has 0 aromatic rings. The maximum Gasteiger partial charge on any atom is 0.233 e. The van der Waals surface area contributed by atoms with Gasteiger partial charge < -0.3 is 15.0 Å². The molecule has 0 aromatic heterocycles. The molecule has 0 radical (unpaired) electrons. The minimum absolute atomic E-state index is 0.131. The molecule has 2 aliphatic rings. The zero-order valence-corrected chi connectivity index (χ0v) is 13.0. The average Bonchev–Trinajstić information content (AvgIpc) is 2.48. The maximum absolute atomic E-state index is 11.4. The van der Waals surface area contributed by atoms with Gasteiger partial charge in [0.1, 0.15) is 0 Å². The van der Waals surface area contributed by atoms with Crippen molar-refractivity contribution in [3.63, 3.8) is 0 Å². The third kappa shape index (κ3) is 4.17. The molecule has 5 heteroatoms. The van der Waals surface area contributed by atoms with Crippen molar-refractivity contribution in [2.75, 3.05) is 60.0 Å². The number of nitrogens with one attached hydrogen (secondary N) is 1. The number of carbonyl (C=O) groups excluding carboxylic acids is 1. The monoisotopic (exact) mass is 283 g/mol. The second kappa shape index (κ2) is 7.38. The highest BCUT2D eigenvalue weighted by Gasteiger charge is 2.38. The summed E-state index contributed by atoms with van der Waals surface area (Å²) in [4.78, 5) is 16.3. The Balaban J connectivity index is 1.80. The van der Waals surface area contributed by atoms with E-state index in [-0.39, 0.29) is 5.91 Å². The fraction of sp³-hybridized carbons (Fsp3) is 0.933. The van der Waals surface area contributed by atoms with Crippen molar-refractivity contribution in [2.24, 2.45) is 5.41 Å². The summed E-state index contributed by atoms with van der Waals surface area (Å²) in [6.07, 6.45) is 5.12. The summed E-state index contributed by atoms with van der Waals surface area (Å²) in [5, 5.41) is 2.71. The molecule has 2 aliphatic heterocycles. The van der Waals surface area contributed by atoms with Crippen LogP contribution in [-0.4, -0.2) is 75.7 Å². The molecular weight excluding hydrogens is 254 g/mol. The topological polar surface area (TPSA) is 44.8 Å². The maximum atomic E-state index is 11.4. The Morgan fingerprint density at radius 1 is 1.20 bits per heavy atom. The fourth-order valence-electron chi connectivity index (χ4n) is 3.60. The van der Waals surface area contributed by atoms with Gasteiger partial charge in [-0.2, -0.15) is 0 Å². The van der Waals surface area contributed by atoms with E-state index in [2.05, 4.69) is 15.1 Å². The minimum atomic E-state index is 0.131. The van der Waals surface area contributed by atoms with E-state index in [1.54, 1.807) is 14.2 Å². The van der Waals surface area contributed by atoms with Crippen molar-refractivity contribution >= 4 is 5.91 Å². The third-order valence-corrected chi connectivity index (χ3v) is 4.91. The second-order valence-electron chi connectivity index (χ2n) is 6.32. The van der Waals surface area contributed by atoms with Gasteiger partial charge in [0.15, 0.2) is 0 Å². The summed E-state index contributed by atoms with van der Waals surface area (Å²) in [7, 11) is 3.49. The molecule has 2 rings (SSSR count). The first kappa shape index (κ1) is 15.7. The lowest BCUT2D eigenvalue weighted by atomic mass is 9.72. The van der Waals surface area contributed by atoms with Gasteiger partial charge in [-0.25, -0.2) is 0 Å². The smallest absolute Gasteiger partial charge is 0.233 e. The van der Waals surface area contributed by atoms with Gasteiger partial charge in [0, 0.05) is 27.2 Å². The van der Waals surface area contributed by atoms with Crippen LogP contribution in [0.25, 0.3) is 0 Å². The summed E-state index contributed by atoms with van der Waals surface area (Å²) in [6.45, 7) is 6.99. The summed E-state index contributed by atoms with van der Waals surface area (Å²) in [5.74, 6) is 0.131. The zero-order valence-electron chi connectivity index (χ0n) is 13.0. The molecule has 1 spiro atoms. The van der Waals surface area contributed by atoms with E-state index in [9.17, 15) is 4.79 Å². The quantitative estimate of drug-likeness (QED) is 0.801. The SMILES string of the molecule is CNC(=O)CN1CCC2(CCCN(CCOC)C2)CC1. The van der Waals surface area contributed by atoms with Gasteiger partial charge in [0.2, 0.25) is 5.91 Å². The zero-order chi connectivity index (χ0) is 14.4. The summed E-state index contributed by atoms with van der Waals surface area (Å²) >= 11 is 0. The van der Waals surface area contributed by atoms with E-state index in [0.717, 1.165) is 26.2 Å². The molecule has 0 unspecified atom stereocenters. The Morgan fingerprint density at radius 2 is 1.95 bits per heavy atom. The molecule has 1 amide bonds. The Bertz CT molecular complexity index is 314. The minimum Gasteiger partial charge on any atom is -0.383 e. The third-order valence-electron chi connectivity index (χ3n) is 4.91. The first-order chi connectivity index (χ1) is 9.67. The Kier molecular flexibility index (Phi) is 5.81. The molecule has 2 heterocycles. The van der Waals surface area contributed by atoms with Gasteiger partial charge >= 0.3 is 0 Å². The number of methoxy groups -OCH3 is 1. The van der Waals surface area contributed by atoms with Crippen LogP contribution in [0.1, 0.15) is 25.7 Å². The average molecular weight is 283 g/mol. The molecule has 0 saturated carbocycles. The van der Waals surface area contributed by atoms with E-state index in [4.69, 9.17) is 4.74 Å². The number of piperidine rings is 2. The van der Waals surface area contributed by atoms with Crippen molar-refractivity contribution in [3.8, 4) is 0 Å². The molecule has 0 aromatic carbocycles. The van der Waals surface area contributed by atoms with Gasteiger partial charge in [-0.15, -0.1) is 0 Å². The van der Waals surface area contributed by atoms with E-state index >= 15 is 0 Å². The van der Waals surface area contributed by atoms with Crippen LogP contribution in [0.15, 0.2) is 0 Å². The van der Waals surface area contributed by atoms with Crippen LogP contribution in [0.2, 0.25) is 0 Å². The van der Waals surface area contributed by atoms with E-state index in [0.29, 0.717) is 12.0 Å². The largest absolute Gasteiger partial charge is 0.383 e. The van der Waals surface area contributed by atoms with Gasteiger partial charge in [0.25, 0.3) is 0 Å². The van der Waals surface area contributed by atoms with Gasteiger partial charge in [-0.05, 0) is 50.7 Å². The standard InChI is InChI=1S/C15H29N3O2/c1-16-14(19)12-17-8-5-15(6-9-17)4-3-7-18(13-15)10-11-20-2/h3-13H2,1-2H3,(H,16,19). The molecule has 116 valence electrons. The highest BCUT2D eigenvalue weighted by atomic mass is 16.5. The summed E-state index contributed by atoms with van der Waals surface area (Å²) < 4.78 is 5.20. The highest BCUT2D eigenvalue weighted by molar-refractivity contribution is 5.77. The molecule has 1 N–H and O–H groups in total. The van der Waals surface area contributed by atoms with Crippen LogP contribution < -0.4 is 5.32 Å². The molecular formula is C15H29N3O2. The first-order valence-corrected chi connectivity index (χ1v) is 7.82. The lowest BCUT2D eigenvalue weighted by Gasteiger charge is -2.47. The predicted molar refractivity (Wildman–Crippen MR) is 79.7 cm³/mol. The number of hydrogen-bond donors (Lipinski definition) is 1. The molecule has 5 nitrogen and oxygen atoms in total. The predicted octanol–water partition coefficient (Wildman–Crippen LogP) is 0.557. The number of likely N-dealkylation sites (N-methyl/N-ethyl adjacent to an activating group) is 1. The van der Waals surface area contributed by atoms with Gasteiger partial charge in [-0.1, -0.05) is 0 Å². The van der Waals surface area contributed by atoms with Crippen LogP contribution >= 0.6 is 0 Å². The molecule has 0 aliphatic carbocycles. The molecule has 0 bridgehead atoms. The van der Waals surface area contributed by atoms with Crippen LogP contribution in [0, 0.1) is 5.41 Å². The fourth-order valence-corrected chi connectivity index (χ4v) is 3.60. The lowest BCUT2D eigenvalue weighted by Crippen LogP contribution is -2.51. The number of likely N-dealkylation sites (tertiary alicyclic amines) is 2. The molecule has 2 saturated heterocycles. The Hall–Kier alpha value is -0.650. The number of ether oxygens (including phenoxy) is 1. The Labute approximate surface area is 122 Å². The highest BCUT2D eigenvalue weighted by Crippen LogP contribution is 2.39. The number of carbonyl (C=O) groups is 1. The summed E-state index contributed by atoms with van der Waals surface area (Å²) in [6, 6.07) is 0. The lowest BCUT2D eigenvalue weighted by molar-refractivity contribution is -0.122. The van der Waals surface area contributed by atoms with Gasteiger partial charge in [0.05, 0.1) is 13.2 Å². The van der Waals surface area contributed by atoms with Crippen LogP contribution in [-0.2, 0) is 9.53 Å². The number of nitrogens with zero attached hydrogens (tertiary/aromatic N) is 2. The van der Waals surface area contributed by atoms with Crippen molar-refractivity contribution in [1.29, 1.82) is 0 Å². The first-order valence-electron chi connectivity index (χ1n) is 7.82. The second-order valence-corrected chi connectivity index (χ2v) is 6.32. The molecule has 20 heavy (non-hydrogen) atoms. The van der Waals surface area contributed by atoms with Crippen molar-refractivity contribution in [1.82, 2.24) is 15.1 Å². The van der Waals surface area contributed by atoms with Crippen molar-refractivity contribution in [2.45, 2.75) is 25.7 Å². The molecule has 2 fully saturated rings. The number of amides is 1. The number of hydrogen-bond acceptors (Lipinski definition) is 4. The van der Waals surface area contributed by atoms with Crippen LogP contribution in [0.3, 0.4) is 0 Å². The van der Waals surface area contributed by atoms with Crippen LogP contribution in [0.5, 0.6) is 0 Å². The molecule has 0 atom stereocenters. The van der Waals surface area contributed by atoms with Crippen LogP contribution in [0.4, 0.5) is 0 Å². The normalized spacial score (nSPS) is 23.9. The van der Waals surface area contributed by atoms with Crippen molar-refractivity contribution < 1.29 is 9.53 Å². The van der Waals surface area contributed by atoms with Gasteiger partial charge in [-0.3, -0.25) is 9.69 Å². The summed E-state index contributed by atoms with van der Waals surface area (Å²) in [5.41, 5.74) is 0.491. The van der Waals surface area contributed by atoms with E-state index < -0.39 is 0 Å². The van der Waals surface area contributed by atoms with Crippen molar-refractivity contribution in [3.05, 3.63) is 0 Å². The Morgan fingerprint density at radius 3 is 2.60 bits per heavy atom.